The predicted molar refractivity (Wildman–Crippen MR) is 78.5 cm³/mol. The van der Waals surface area contributed by atoms with Gasteiger partial charge in [-0.1, -0.05) is 12.1 Å². The van der Waals surface area contributed by atoms with Gasteiger partial charge in [0.05, 0.1) is 6.61 Å². The largest absolute Gasteiger partial charge is 0.508 e. The molecular formula is C14H18N4O2. The number of hydrogen-bond acceptors (Lipinski definition) is 6. The number of phenolic OH excluding ortho intramolecular Hbond substituents is 1. The Labute approximate surface area is 117 Å². The second kappa shape index (κ2) is 6.72. The van der Waals surface area contributed by atoms with Crippen molar-refractivity contribution in [1.82, 2.24) is 10.2 Å². The molecule has 106 valence electrons. The third kappa shape index (κ3) is 3.58. The van der Waals surface area contributed by atoms with Gasteiger partial charge in [0.2, 0.25) is 0 Å². The van der Waals surface area contributed by atoms with E-state index in [1.54, 1.807) is 18.2 Å². The number of aromatic hydroxyl groups is 1. The van der Waals surface area contributed by atoms with Crippen molar-refractivity contribution in [2.24, 2.45) is 0 Å². The molecule has 0 aliphatic rings. The van der Waals surface area contributed by atoms with Crippen molar-refractivity contribution in [3.8, 4) is 16.9 Å². The average molecular weight is 274 g/mol. The maximum Gasteiger partial charge on any atom is 0.154 e. The summed E-state index contributed by atoms with van der Waals surface area (Å²) in [6.45, 7) is 3.88. The number of hydrogen-bond donors (Lipinski definition) is 3. The highest BCUT2D eigenvalue weighted by Crippen LogP contribution is 2.28. The molecule has 1 aromatic heterocycles. The SMILES string of the molecule is CCOCCNc1cc(-c2cccc(O)c2)c(N)nn1. The predicted octanol–water partition coefficient (Wildman–Crippen LogP) is 1.88. The summed E-state index contributed by atoms with van der Waals surface area (Å²) in [5, 5.41) is 20.5. The van der Waals surface area contributed by atoms with Crippen LogP contribution in [0.2, 0.25) is 0 Å². The van der Waals surface area contributed by atoms with Crippen LogP contribution in [0.4, 0.5) is 11.6 Å². The highest BCUT2D eigenvalue weighted by Gasteiger charge is 2.07. The van der Waals surface area contributed by atoms with E-state index in [-0.39, 0.29) is 5.75 Å². The number of rotatable bonds is 6. The first kappa shape index (κ1) is 14.1. The van der Waals surface area contributed by atoms with Gasteiger partial charge in [-0.2, -0.15) is 0 Å². The van der Waals surface area contributed by atoms with Gasteiger partial charge in [-0.15, -0.1) is 10.2 Å². The Morgan fingerprint density at radius 2 is 2.15 bits per heavy atom. The van der Waals surface area contributed by atoms with E-state index < -0.39 is 0 Å². The Kier molecular flexibility index (Phi) is 4.73. The van der Waals surface area contributed by atoms with Crippen LogP contribution in [0.15, 0.2) is 30.3 Å². The van der Waals surface area contributed by atoms with Crippen LogP contribution in [-0.2, 0) is 4.74 Å². The number of nitrogen functional groups attached to an aromatic ring is 1. The summed E-state index contributed by atoms with van der Waals surface area (Å²) in [5.74, 6) is 1.13. The highest BCUT2D eigenvalue weighted by atomic mass is 16.5. The number of nitrogens with two attached hydrogens (primary N) is 1. The van der Waals surface area contributed by atoms with Crippen molar-refractivity contribution in [3.63, 3.8) is 0 Å². The van der Waals surface area contributed by atoms with Crippen molar-refractivity contribution in [1.29, 1.82) is 0 Å². The Bertz CT molecular complexity index is 575. The number of aromatic nitrogens is 2. The van der Waals surface area contributed by atoms with Gasteiger partial charge in [-0.3, -0.25) is 0 Å². The standard InChI is InChI=1S/C14H18N4O2/c1-2-20-7-6-16-13-9-12(14(15)18-17-13)10-4-3-5-11(19)8-10/h3-5,8-9,19H,2,6-7H2,1H3,(H2,15,18)(H,16,17). The lowest BCUT2D eigenvalue weighted by molar-refractivity contribution is 0.158. The van der Waals surface area contributed by atoms with Crippen molar-refractivity contribution in [2.75, 3.05) is 30.8 Å². The summed E-state index contributed by atoms with van der Waals surface area (Å²) < 4.78 is 5.24. The van der Waals surface area contributed by atoms with Crippen molar-refractivity contribution in [2.45, 2.75) is 6.92 Å². The van der Waals surface area contributed by atoms with E-state index in [0.717, 1.165) is 11.1 Å². The van der Waals surface area contributed by atoms with E-state index in [1.165, 1.54) is 0 Å². The number of phenols is 1. The maximum atomic E-state index is 9.53. The molecule has 6 heteroatoms. The van der Waals surface area contributed by atoms with E-state index in [4.69, 9.17) is 10.5 Å². The molecule has 0 saturated carbocycles. The van der Waals surface area contributed by atoms with Gasteiger partial charge in [0.15, 0.2) is 5.82 Å². The molecule has 2 aromatic rings. The van der Waals surface area contributed by atoms with Crippen LogP contribution < -0.4 is 11.1 Å². The molecule has 0 spiro atoms. The Balaban J connectivity index is 2.16. The van der Waals surface area contributed by atoms with Crippen molar-refractivity contribution >= 4 is 11.6 Å². The first-order valence-corrected chi connectivity index (χ1v) is 6.45. The quantitative estimate of drug-likeness (QED) is 0.696. The lowest BCUT2D eigenvalue weighted by Gasteiger charge is -2.09. The van der Waals surface area contributed by atoms with Crippen molar-refractivity contribution in [3.05, 3.63) is 30.3 Å². The molecule has 0 aliphatic heterocycles. The zero-order valence-corrected chi connectivity index (χ0v) is 11.3. The fraction of sp³-hybridized carbons (Fsp3) is 0.286. The molecule has 0 fully saturated rings. The molecule has 0 atom stereocenters. The summed E-state index contributed by atoms with van der Waals surface area (Å²) in [6.07, 6.45) is 0. The van der Waals surface area contributed by atoms with E-state index in [2.05, 4.69) is 15.5 Å². The van der Waals surface area contributed by atoms with Gasteiger partial charge in [0.1, 0.15) is 11.6 Å². The van der Waals surface area contributed by atoms with Crippen LogP contribution in [0.1, 0.15) is 6.92 Å². The Morgan fingerprint density at radius 3 is 2.90 bits per heavy atom. The van der Waals surface area contributed by atoms with Gasteiger partial charge in [-0.25, -0.2) is 0 Å². The fourth-order valence-electron chi connectivity index (χ4n) is 1.79. The summed E-state index contributed by atoms with van der Waals surface area (Å²) in [7, 11) is 0. The topological polar surface area (TPSA) is 93.3 Å². The molecule has 0 aliphatic carbocycles. The van der Waals surface area contributed by atoms with E-state index in [0.29, 0.717) is 31.4 Å². The number of nitrogens with zero attached hydrogens (tertiary/aromatic N) is 2. The summed E-state index contributed by atoms with van der Waals surface area (Å²) >= 11 is 0. The van der Waals surface area contributed by atoms with E-state index in [9.17, 15) is 5.11 Å². The minimum atomic E-state index is 0.185. The van der Waals surface area contributed by atoms with Crippen LogP contribution in [0.5, 0.6) is 5.75 Å². The van der Waals surface area contributed by atoms with Crippen molar-refractivity contribution < 1.29 is 9.84 Å². The normalized spacial score (nSPS) is 10.4. The fourth-order valence-corrected chi connectivity index (χ4v) is 1.79. The Morgan fingerprint density at radius 1 is 1.30 bits per heavy atom. The molecule has 0 unspecified atom stereocenters. The molecule has 4 N–H and O–H groups in total. The molecular weight excluding hydrogens is 256 g/mol. The minimum Gasteiger partial charge on any atom is -0.508 e. The number of benzene rings is 1. The summed E-state index contributed by atoms with van der Waals surface area (Å²) in [6, 6.07) is 8.67. The lowest BCUT2D eigenvalue weighted by Crippen LogP contribution is -2.11. The molecule has 0 saturated heterocycles. The third-order valence-electron chi connectivity index (χ3n) is 2.74. The number of nitrogens with one attached hydrogen (secondary N) is 1. The molecule has 6 nitrogen and oxygen atoms in total. The monoisotopic (exact) mass is 274 g/mol. The van der Waals surface area contributed by atoms with Gasteiger partial charge in [0, 0.05) is 18.7 Å². The molecule has 1 heterocycles. The van der Waals surface area contributed by atoms with Gasteiger partial charge in [0.25, 0.3) is 0 Å². The Hall–Kier alpha value is -2.34. The molecule has 2 rings (SSSR count). The average Bonchev–Trinajstić information content (AvgIpc) is 2.45. The highest BCUT2D eigenvalue weighted by molar-refractivity contribution is 5.76. The first-order valence-electron chi connectivity index (χ1n) is 6.45. The van der Waals surface area contributed by atoms with Crippen LogP contribution in [0.25, 0.3) is 11.1 Å². The zero-order valence-electron chi connectivity index (χ0n) is 11.3. The lowest BCUT2D eigenvalue weighted by atomic mass is 10.1. The summed E-state index contributed by atoms with van der Waals surface area (Å²) in [5.41, 5.74) is 7.37. The van der Waals surface area contributed by atoms with Crippen LogP contribution in [0.3, 0.4) is 0 Å². The van der Waals surface area contributed by atoms with E-state index >= 15 is 0 Å². The number of ether oxygens (including phenoxy) is 1. The molecule has 0 radical (unpaired) electrons. The molecule has 20 heavy (non-hydrogen) atoms. The summed E-state index contributed by atoms with van der Waals surface area (Å²) in [4.78, 5) is 0. The van der Waals surface area contributed by atoms with Crippen LogP contribution in [-0.4, -0.2) is 35.1 Å². The van der Waals surface area contributed by atoms with Gasteiger partial charge >= 0.3 is 0 Å². The van der Waals surface area contributed by atoms with Gasteiger partial charge in [-0.05, 0) is 30.7 Å². The molecule has 0 amide bonds. The zero-order chi connectivity index (χ0) is 14.4. The van der Waals surface area contributed by atoms with E-state index in [1.807, 2.05) is 19.1 Å². The smallest absolute Gasteiger partial charge is 0.154 e. The van der Waals surface area contributed by atoms with Crippen LogP contribution >= 0.6 is 0 Å². The molecule has 0 bridgehead atoms. The number of anilines is 2. The minimum absolute atomic E-state index is 0.185. The first-order chi connectivity index (χ1) is 9.70. The second-order valence-electron chi connectivity index (χ2n) is 4.20. The second-order valence-corrected chi connectivity index (χ2v) is 4.20. The van der Waals surface area contributed by atoms with Crippen LogP contribution in [0, 0.1) is 0 Å². The maximum absolute atomic E-state index is 9.53. The third-order valence-corrected chi connectivity index (χ3v) is 2.74. The van der Waals surface area contributed by atoms with Gasteiger partial charge < -0.3 is 20.9 Å². The molecule has 1 aromatic carbocycles.